The number of halogens is 2. The van der Waals surface area contributed by atoms with Gasteiger partial charge < -0.3 is 19.9 Å². The van der Waals surface area contributed by atoms with E-state index < -0.39 is 47.6 Å². The summed E-state index contributed by atoms with van der Waals surface area (Å²) in [5.41, 5.74) is -0.842. The number of nitrogens with one attached hydrogen (secondary N) is 1. The third-order valence-electron chi connectivity index (χ3n) is 4.31. The Kier molecular flexibility index (Phi) is 7.73. The van der Waals surface area contributed by atoms with E-state index in [1.807, 2.05) is 0 Å². The van der Waals surface area contributed by atoms with Gasteiger partial charge in [0.15, 0.2) is 5.82 Å². The van der Waals surface area contributed by atoms with Crippen LogP contribution in [-0.4, -0.2) is 54.0 Å². The molecule has 1 amide bonds. The van der Waals surface area contributed by atoms with Gasteiger partial charge in [0, 0.05) is 12.3 Å². The van der Waals surface area contributed by atoms with Crippen molar-refractivity contribution in [1.29, 1.82) is 5.26 Å². The second-order valence-corrected chi connectivity index (χ2v) is 8.48. The molecule has 1 atom stereocenters. The van der Waals surface area contributed by atoms with Crippen LogP contribution in [0.3, 0.4) is 0 Å². The Hall–Kier alpha value is -4.67. The minimum Gasteiger partial charge on any atom is -0.481 e. The van der Waals surface area contributed by atoms with Crippen molar-refractivity contribution in [1.82, 2.24) is 30.5 Å². The van der Waals surface area contributed by atoms with E-state index in [1.165, 1.54) is 12.1 Å². The van der Waals surface area contributed by atoms with Gasteiger partial charge in [-0.25, -0.2) is 18.6 Å². The number of rotatable bonds is 8. The lowest BCUT2D eigenvalue weighted by Gasteiger charge is -2.22. The van der Waals surface area contributed by atoms with Crippen molar-refractivity contribution < 1.29 is 33.0 Å². The minimum atomic E-state index is -1.17. The van der Waals surface area contributed by atoms with Crippen molar-refractivity contribution in [2.75, 3.05) is 0 Å². The molecule has 3 rings (SSSR count). The van der Waals surface area contributed by atoms with Gasteiger partial charge in [0.2, 0.25) is 5.82 Å². The quantitative estimate of drug-likeness (QED) is 0.468. The maximum atomic E-state index is 14.7. The van der Waals surface area contributed by atoms with E-state index >= 15 is 0 Å². The zero-order valence-electron chi connectivity index (χ0n) is 19.4. The first-order valence-electron chi connectivity index (χ1n) is 10.5. The highest BCUT2D eigenvalue weighted by Gasteiger charge is 2.23. The van der Waals surface area contributed by atoms with Crippen LogP contribution in [-0.2, 0) is 16.1 Å². The topological polar surface area (TPSA) is 165 Å². The van der Waals surface area contributed by atoms with Gasteiger partial charge in [-0.2, -0.15) is 10.1 Å². The summed E-state index contributed by atoms with van der Waals surface area (Å²) in [4.78, 5) is 27.9. The maximum absolute atomic E-state index is 14.7. The number of carbonyl (C=O) groups excluding carboxylic acids is 1. The molecule has 0 fully saturated rings. The Morgan fingerprint density at radius 1 is 1.25 bits per heavy atom. The zero-order chi connectivity index (χ0) is 26.5. The van der Waals surface area contributed by atoms with Gasteiger partial charge in [0.1, 0.15) is 23.2 Å². The molecule has 14 heteroatoms. The van der Waals surface area contributed by atoms with Crippen molar-refractivity contribution in [2.45, 2.75) is 45.4 Å². The number of ether oxygens (including phenoxy) is 2. The molecular formula is C22H21F2N7O5. The first-order valence-corrected chi connectivity index (χ1v) is 10.5. The summed E-state index contributed by atoms with van der Waals surface area (Å²) >= 11 is 0. The van der Waals surface area contributed by atoms with E-state index in [0.717, 1.165) is 23.1 Å². The van der Waals surface area contributed by atoms with Crippen LogP contribution >= 0.6 is 0 Å². The Bertz CT molecular complexity index is 1320. The summed E-state index contributed by atoms with van der Waals surface area (Å²) in [7, 11) is 0. The van der Waals surface area contributed by atoms with Crippen molar-refractivity contribution in [3.05, 3.63) is 47.7 Å². The van der Waals surface area contributed by atoms with Crippen LogP contribution in [0.2, 0.25) is 0 Å². The molecule has 0 saturated carbocycles. The molecular weight excluding hydrogens is 480 g/mol. The molecule has 2 aromatic heterocycles. The van der Waals surface area contributed by atoms with Gasteiger partial charge in [-0.05, 0) is 44.2 Å². The molecule has 0 radical (unpaired) electrons. The van der Waals surface area contributed by atoms with Crippen molar-refractivity contribution in [3.8, 4) is 29.1 Å². The lowest BCUT2D eigenvalue weighted by molar-refractivity contribution is -0.137. The number of nitriles is 1. The summed E-state index contributed by atoms with van der Waals surface area (Å²) in [5, 5.41) is 32.0. The molecule has 2 heterocycles. The molecule has 12 nitrogen and oxygen atoms in total. The van der Waals surface area contributed by atoms with E-state index in [0.29, 0.717) is 0 Å². The molecule has 36 heavy (non-hydrogen) atoms. The largest absolute Gasteiger partial charge is 0.481 e. The minimum absolute atomic E-state index is 0.00225. The first kappa shape index (κ1) is 25.9. The number of alkyl carbamates (subject to hydrolysis) is 1. The van der Waals surface area contributed by atoms with E-state index in [-0.39, 0.29) is 29.2 Å². The molecule has 0 aliphatic carbocycles. The Morgan fingerprint density at radius 2 is 2.00 bits per heavy atom. The van der Waals surface area contributed by atoms with Crippen LogP contribution in [0, 0.1) is 23.0 Å². The molecule has 0 spiro atoms. The summed E-state index contributed by atoms with van der Waals surface area (Å²) in [6, 6.07) is 5.31. The average molecular weight is 501 g/mol. The normalized spacial score (nSPS) is 11.9. The summed E-state index contributed by atoms with van der Waals surface area (Å²) < 4.78 is 39.1. The number of nitrogens with zero attached hydrogens (tertiary/aromatic N) is 6. The number of carboxylic acids is 1. The predicted molar refractivity (Wildman–Crippen MR) is 118 cm³/mol. The Balaban J connectivity index is 1.72. The van der Waals surface area contributed by atoms with Crippen molar-refractivity contribution in [2.24, 2.45) is 0 Å². The van der Waals surface area contributed by atoms with Gasteiger partial charge in [-0.1, -0.05) is 0 Å². The van der Waals surface area contributed by atoms with Gasteiger partial charge in [-0.15, -0.1) is 10.2 Å². The highest BCUT2D eigenvalue weighted by Crippen LogP contribution is 2.27. The number of pyridine rings is 1. The molecule has 0 bridgehead atoms. The van der Waals surface area contributed by atoms with Crippen molar-refractivity contribution >= 4 is 12.1 Å². The van der Waals surface area contributed by atoms with Crippen LogP contribution in [0.25, 0.3) is 11.4 Å². The van der Waals surface area contributed by atoms with E-state index in [4.69, 9.17) is 19.8 Å². The number of carbonyl (C=O) groups is 2. The van der Waals surface area contributed by atoms with E-state index in [2.05, 4.69) is 25.7 Å². The van der Waals surface area contributed by atoms with Gasteiger partial charge in [0.05, 0.1) is 30.1 Å². The summed E-state index contributed by atoms with van der Waals surface area (Å²) in [5.74, 6) is -3.50. The number of benzene rings is 1. The lowest BCUT2D eigenvalue weighted by atomic mass is 10.2. The maximum Gasteiger partial charge on any atom is 0.407 e. The fraction of sp³-hybridized carbons (Fsp3) is 0.318. The molecule has 1 aromatic carbocycles. The Labute approximate surface area is 203 Å². The Morgan fingerprint density at radius 3 is 2.61 bits per heavy atom. The van der Waals surface area contributed by atoms with E-state index in [9.17, 15) is 18.4 Å². The highest BCUT2D eigenvalue weighted by atomic mass is 19.1. The molecule has 2 N–H and O–H groups in total. The van der Waals surface area contributed by atoms with E-state index in [1.54, 1.807) is 26.8 Å². The number of tetrazole rings is 1. The summed E-state index contributed by atoms with van der Waals surface area (Å²) in [6.07, 6.45) is -0.152. The second-order valence-electron chi connectivity index (χ2n) is 8.48. The monoisotopic (exact) mass is 501 g/mol. The zero-order valence-corrected chi connectivity index (χ0v) is 19.4. The number of aliphatic carboxylic acids is 1. The highest BCUT2D eigenvalue weighted by molar-refractivity contribution is 5.71. The third-order valence-corrected chi connectivity index (χ3v) is 4.31. The molecule has 3 aromatic rings. The fourth-order valence-electron chi connectivity index (χ4n) is 2.89. The summed E-state index contributed by atoms with van der Waals surface area (Å²) in [6.45, 7) is 4.80. The molecule has 0 aliphatic rings. The average Bonchev–Trinajstić information content (AvgIpc) is 3.21. The number of aromatic nitrogens is 5. The number of hydrogen-bond donors (Lipinski definition) is 2. The molecule has 188 valence electrons. The van der Waals surface area contributed by atoms with Crippen LogP contribution in [0.4, 0.5) is 13.6 Å². The number of hydrogen-bond acceptors (Lipinski definition) is 9. The predicted octanol–water partition coefficient (Wildman–Crippen LogP) is 3.05. The second kappa shape index (κ2) is 10.7. The van der Waals surface area contributed by atoms with Crippen LogP contribution in [0.5, 0.6) is 11.6 Å². The van der Waals surface area contributed by atoms with Crippen LogP contribution in [0.1, 0.15) is 32.8 Å². The lowest BCUT2D eigenvalue weighted by Crippen LogP contribution is -2.42. The van der Waals surface area contributed by atoms with Gasteiger partial charge in [-0.3, -0.25) is 4.79 Å². The van der Waals surface area contributed by atoms with Gasteiger partial charge >= 0.3 is 12.1 Å². The fourth-order valence-corrected chi connectivity index (χ4v) is 2.89. The van der Waals surface area contributed by atoms with Crippen LogP contribution < -0.4 is 10.1 Å². The first-order chi connectivity index (χ1) is 16.9. The smallest absolute Gasteiger partial charge is 0.407 e. The molecule has 1 unspecified atom stereocenters. The third kappa shape index (κ3) is 7.16. The molecule has 0 saturated heterocycles. The van der Waals surface area contributed by atoms with Crippen LogP contribution in [0.15, 0.2) is 30.5 Å². The van der Waals surface area contributed by atoms with Crippen molar-refractivity contribution in [3.63, 3.8) is 0 Å². The SMILES string of the molecule is CC(C)(C)OC(=O)NC(CC(=O)O)Cn1nnc(-c2ccc(Oc3ncc(C#N)cc3F)cc2F)n1. The number of amides is 1. The van der Waals surface area contributed by atoms with Gasteiger partial charge in [0.25, 0.3) is 5.88 Å². The molecule has 0 aliphatic heterocycles. The number of carboxylic acid groups (broad SMARTS) is 1. The standard InChI is InChI=1S/C22H21F2N7O5/c1-22(2,3)36-21(34)27-13(7-18(32)33)11-31-29-19(28-30-31)15-5-4-14(8-16(15)23)35-20-17(24)6-12(9-25)10-26-20/h4-6,8,10,13H,7,11H2,1-3H3,(H,27,34)(H,32,33).